The summed E-state index contributed by atoms with van der Waals surface area (Å²) in [5.74, 6) is 1.25. The third kappa shape index (κ3) is 4.44. The Labute approximate surface area is 156 Å². The fraction of sp³-hybridized carbons (Fsp3) is 0.611. The molecule has 2 N–H and O–H groups in total. The van der Waals surface area contributed by atoms with Gasteiger partial charge in [-0.15, -0.1) is 11.3 Å². The molecular formula is C18H25N3O2S2. The largest absolute Gasteiger partial charge is 0.465 e. The highest BCUT2D eigenvalue weighted by Gasteiger charge is 2.23. The van der Waals surface area contributed by atoms with Crippen LogP contribution in [0, 0.1) is 5.92 Å². The van der Waals surface area contributed by atoms with Crippen LogP contribution in [0.5, 0.6) is 0 Å². The smallest absolute Gasteiger partial charge is 0.316 e. The third-order valence-corrected chi connectivity index (χ3v) is 6.46. The molecule has 2 aromatic rings. The molecule has 0 amide bonds. The molecular weight excluding hydrogens is 354 g/mol. The number of fused-ring (bicyclic) bond motifs is 3. The second-order valence-corrected chi connectivity index (χ2v) is 8.67. The van der Waals surface area contributed by atoms with Gasteiger partial charge in [0.15, 0.2) is 5.16 Å². The zero-order valence-corrected chi connectivity index (χ0v) is 16.5. The molecule has 0 radical (unpaired) electrons. The van der Waals surface area contributed by atoms with E-state index >= 15 is 0 Å². The van der Waals surface area contributed by atoms with Crippen LogP contribution in [0.1, 0.15) is 50.0 Å². The van der Waals surface area contributed by atoms with Crippen LogP contribution in [-0.4, -0.2) is 28.3 Å². The molecule has 1 aliphatic carbocycles. The van der Waals surface area contributed by atoms with Crippen molar-refractivity contribution in [3.8, 4) is 0 Å². The van der Waals surface area contributed by atoms with Crippen molar-refractivity contribution < 1.29 is 9.53 Å². The maximum atomic E-state index is 11.8. The van der Waals surface area contributed by atoms with Crippen LogP contribution in [0.25, 0.3) is 10.2 Å². The van der Waals surface area contributed by atoms with E-state index in [0.29, 0.717) is 23.5 Å². The molecule has 0 saturated heterocycles. The van der Waals surface area contributed by atoms with Gasteiger partial charge in [-0.25, -0.2) is 9.97 Å². The lowest BCUT2D eigenvalue weighted by Gasteiger charge is -2.17. The Hall–Kier alpha value is -1.34. The first-order valence-electron chi connectivity index (χ1n) is 8.94. The zero-order valence-electron chi connectivity index (χ0n) is 14.8. The van der Waals surface area contributed by atoms with Gasteiger partial charge in [-0.05, 0) is 37.2 Å². The van der Waals surface area contributed by atoms with Crippen LogP contribution >= 0.6 is 23.1 Å². The van der Waals surface area contributed by atoms with E-state index in [1.807, 2.05) is 0 Å². The van der Waals surface area contributed by atoms with Crippen LogP contribution in [0.3, 0.4) is 0 Å². The van der Waals surface area contributed by atoms with Gasteiger partial charge < -0.3 is 10.5 Å². The van der Waals surface area contributed by atoms with Crippen LogP contribution in [0.15, 0.2) is 5.16 Å². The summed E-state index contributed by atoms with van der Waals surface area (Å²) < 4.78 is 5.22. The van der Waals surface area contributed by atoms with E-state index in [-0.39, 0.29) is 11.7 Å². The molecule has 0 saturated carbocycles. The van der Waals surface area contributed by atoms with Gasteiger partial charge in [0.1, 0.15) is 10.6 Å². The molecule has 3 rings (SSSR count). The zero-order chi connectivity index (χ0) is 17.8. The van der Waals surface area contributed by atoms with Gasteiger partial charge in [-0.3, -0.25) is 4.79 Å². The normalized spacial score (nSPS) is 16.8. The summed E-state index contributed by atoms with van der Waals surface area (Å²) in [6.07, 6.45) is 6.46. The molecule has 0 bridgehead atoms. The van der Waals surface area contributed by atoms with Gasteiger partial charge in [0, 0.05) is 4.88 Å². The highest BCUT2D eigenvalue weighted by atomic mass is 32.2. The highest BCUT2D eigenvalue weighted by molar-refractivity contribution is 7.99. The summed E-state index contributed by atoms with van der Waals surface area (Å²) in [5, 5.41) is 1.58. The second kappa shape index (κ2) is 8.36. The van der Waals surface area contributed by atoms with Crippen LogP contribution in [0.4, 0.5) is 5.82 Å². The van der Waals surface area contributed by atoms with Gasteiger partial charge in [-0.2, -0.15) is 0 Å². The van der Waals surface area contributed by atoms with Crippen molar-refractivity contribution in [1.29, 1.82) is 0 Å². The van der Waals surface area contributed by atoms with E-state index in [0.717, 1.165) is 42.3 Å². The number of carbonyl (C=O) groups excluding carboxylic acids is 1. The van der Waals surface area contributed by atoms with Crippen molar-refractivity contribution in [2.24, 2.45) is 5.92 Å². The molecule has 0 spiro atoms. The first kappa shape index (κ1) is 18.5. The van der Waals surface area contributed by atoms with Gasteiger partial charge in [0.05, 0.1) is 17.7 Å². The van der Waals surface area contributed by atoms with Crippen molar-refractivity contribution in [3.63, 3.8) is 0 Å². The van der Waals surface area contributed by atoms with E-state index in [1.54, 1.807) is 11.3 Å². The fourth-order valence-corrected chi connectivity index (χ4v) is 5.22. The SMILES string of the molecule is CCCCCOC(=O)CSc1nc(N)c2c3c(sc2n1)C[C@H](C)CC3. The number of thiophene rings is 1. The second-order valence-electron chi connectivity index (χ2n) is 6.64. The maximum Gasteiger partial charge on any atom is 0.316 e. The number of aryl methyl sites for hydroxylation is 1. The van der Waals surface area contributed by atoms with Gasteiger partial charge >= 0.3 is 5.97 Å². The first-order valence-corrected chi connectivity index (χ1v) is 10.7. The minimum atomic E-state index is -0.220. The Bertz CT molecular complexity index is 760. The number of hydrogen-bond donors (Lipinski definition) is 1. The number of nitrogen functional groups attached to an aromatic ring is 1. The standard InChI is InChI=1S/C18H25N3O2S2/c1-3-4-5-8-23-14(22)10-24-18-20-16(19)15-12-7-6-11(2)9-13(12)25-17(15)21-18/h11H,3-10H2,1-2H3,(H2,19,20,21)/t11-/m1/s1. The molecule has 0 aliphatic heterocycles. The Kier molecular flexibility index (Phi) is 6.17. The number of esters is 1. The molecule has 2 heterocycles. The number of unbranched alkanes of at least 4 members (excludes halogenated alkanes) is 2. The Morgan fingerprint density at radius 3 is 3.04 bits per heavy atom. The minimum absolute atomic E-state index is 0.220. The van der Waals surface area contributed by atoms with Crippen molar-refractivity contribution >= 4 is 45.1 Å². The lowest BCUT2D eigenvalue weighted by atomic mass is 9.89. The lowest BCUT2D eigenvalue weighted by Crippen LogP contribution is -2.10. The molecule has 0 fully saturated rings. The minimum Gasteiger partial charge on any atom is -0.465 e. The number of hydrogen-bond acceptors (Lipinski definition) is 7. The third-order valence-electron chi connectivity index (χ3n) is 4.49. The predicted molar refractivity (Wildman–Crippen MR) is 104 cm³/mol. The fourth-order valence-electron chi connectivity index (χ4n) is 3.12. The van der Waals surface area contributed by atoms with Crippen molar-refractivity contribution in [3.05, 3.63) is 10.4 Å². The molecule has 5 nitrogen and oxygen atoms in total. The summed E-state index contributed by atoms with van der Waals surface area (Å²) in [7, 11) is 0. The number of ether oxygens (including phenoxy) is 1. The Morgan fingerprint density at radius 1 is 1.40 bits per heavy atom. The number of nitrogens with zero attached hydrogens (tertiary/aromatic N) is 2. The molecule has 7 heteroatoms. The van der Waals surface area contributed by atoms with Crippen molar-refractivity contribution in [2.75, 3.05) is 18.1 Å². The van der Waals surface area contributed by atoms with Crippen molar-refractivity contribution in [2.45, 2.75) is 57.5 Å². The van der Waals surface area contributed by atoms with Crippen molar-refractivity contribution in [1.82, 2.24) is 9.97 Å². The summed E-state index contributed by atoms with van der Waals surface area (Å²) in [5.41, 5.74) is 7.54. The number of thioether (sulfide) groups is 1. The average Bonchev–Trinajstić information content (AvgIpc) is 2.94. The van der Waals surface area contributed by atoms with Crippen LogP contribution in [-0.2, 0) is 22.4 Å². The molecule has 1 aliphatic rings. The number of nitrogens with two attached hydrogens (primary N) is 1. The van der Waals surface area contributed by atoms with E-state index in [4.69, 9.17) is 10.5 Å². The van der Waals surface area contributed by atoms with E-state index < -0.39 is 0 Å². The van der Waals surface area contributed by atoms with Gasteiger partial charge in [-0.1, -0.05) is 38.5 Å². The van der Waals surface area contributed by atoms with Crippen LogP contribution < -0.4 is 5.73 Å². The van der Waals surface area contributed by atoms with Gasteiger partial charge in [0.25, 0.3) is 0 Å². The Morgan fingerprint density at radius 2 is 2.24 bits per heavy atom. The average molecular weight is 380 g/mol. The maximum absolute atomic E-state index is 11.8. The molecule has 0 aromatic carbocycles. The molecule has 2 aromatic heterocycles. The topological polar surface area (TPSA) is 78.1 Å². The van der Waals surface area contributed by atoms with Gasteiger partial charge in [0.2, 0.25) is 0 Å². The van der Waals surface area contributed by atoms with Crippen LogP contribution in [0.2, 0.25) is 0 Å². The summed E-state index contributed by atoms with van der Waals surface area (Å²) in [6.45, 7) is 4.90. The van der Waals surface area contributed by atoms with E-state index in [9.17, 15) is 4.79 Å². The molecule has 136 valence electrons. The number of carbonyl (C=O) groups is 1. The molecule has 0 unspecified atom stereocenters. The quantitative estimate of drug-likeness (QED) is 0.336. The summed E-state index contributed by atoms with van der Waals surface area (Å²) >= 11 is 3.02. The number of rotatable bonds is 7. The summed E-state index contributed by atoms with van der Waals surface area (Å²) in [6, 6.07) is 0. The first-order chi connectivity index (χ1) is 12.1. The Balaban J connectivity index is 1.66. The summed E-state index contributed by atoms with van der Waals surface area (Å²) in [4.78, 5) is 23.2. The van der Waals surface area contributed by atoms with E-state index in [1.165, 1.54) is 28.6 Å². The molecule has 1 atom stereocenters. The predicted octanol–water partition coefficient (Wildman–Crippen LogP) is 4.22. The van der Waals surface area contributed by atoms with E-state index in [2.05, 4.69) is 23.8 Å². The highest BCUT2D eigenvalue weighted by Crippen LogP contribution is 2.39. The number of anilines is 1. The lowest BCUT2D eigenvalue weighted by molar-refractivity contribution is -0.140. The monoisotopic (exact) mass is 379 g/mol. The number of aromatic nitrogens is 2. The molecule has 25 heavy (non-hydrogen) atoms.